The highest BCUT2D eigenvalue weighted by Crippen LogP contribution is 2.41. The molecular weight excluding hydrogens is 254 g/mol. The Morgan fingerprint density at radius 3 is 2.67 bits per heavy atom. The van der Waals surface area contributed by atoms with Crippen LogP contribution in [0.3, 0.4) is 0 Å². The van der Waals surface area contributed by atoms with Gasteiger partial charge < -0.3 is 9.73 Å². The molecule has 1 aliphatic carbocycles. The quantitative estimate of drug-likeness (QED) is 0.841. The summed E-state index contributed by atoms with van der Waals surface area (Å²) in [4.78, 5) is 0. The predicted molar refractivity (Wildman–Crippen MR) is 62.8 cm³/mol. The summed E-state index contributed by atoms with van der Waals surface area (Å²) in [6.45, 7) is 1.87. The van der Waals surface area contributed by atoms with Crippen LogP contribution in [0.1, 0.15) is 55.1 Å². The highest BCUT2D eigenvalue weighted by Gasteiger charge is 2.27. The Balaban J connectivity index is 1.91. The Hall–Kier alpha value is -0.280. The van der Waals surface area contributed by atoms with Gasteiger partial charge in [0, 0.05) is 18.0 Å². The van der Waals surface area contributed by atoms with Crippen molar-refractivity contribution in [1.82, 2.24) is 5.32 Å². The molecule has 0 spiro atoms. The normalized spacial score (nSPS) is 21.9. The van der Waals surface area contributed by atoms with Gasteiger partial charge in [0.25, 0.3) is 0 Å². The average molecular weight is 270 g/mol. The topological polar surface area (TPSA) is 25.2 Å². The summed E-state index contributed by atoms with van der Waals surface area (Å²) in [6.07, 6.45) is 6.73. The first kappa shape index (κ1) is 9.91. The molecule has 0 saturated heterocycles. The zero-order valence-electron chi connectivity index (χ0n) is 8.81. The molecule has 2 nitrogen and oxygen atoms in total. The summed E-state index contributed by atoms with van der Waals surface area (Å²) < 4.78 is 7.23. The van der Waals surface area contributed by atoms with E-state index in [1.165, 1.54) is 47.9 Å². The minimum atomic E-state index is 0.665. The number of halogens is 1. The van der Waals surface area contributed by atoms with Gasteiger partial charge in [-0.05, 0) is 28.8 Å². The summed E-state index contributed by atoms with van der Waals surface area (Å²) in [7, 11) is 0. The molecule has 2 heterocycles. The Morgan fingerprint density at radius 1 is 1.13 bits per heavy atom. The second-order valence-electron chi connectivity index (χ2n) is 4.62. The zero-order valence-corrected chi connectivity index (χ0v) is 10.4. The molecule has 0 radical (unpaired) electrons. The van der Waals surface area contributed by atoms with E-state index in [0.717, 1.165) is 18.8 Å². The second-order valence-corrected chi connectivity index (χ2v) is 5.41. The van der Waals surface area contributed by atoms with E-state index in [4.69, 9.17) is 4.42 Å². The fourth-order valence-corrected chi connectivity index (χ4v) is 3.52. The van der Waals surface area contributed by atoms with Crippen LogP contribution in [-0.2, 0) is 13.1 Å². The van der Waals surface area contributed by atoms with Crippen LogP contribution in [0.15, 0.2) is 8.89 Å². The lowest BCUT2D eigenvalue weighted by molar-refractivity contribution is 0.359. The van der Waals surface area contributed by atoms with Crippen molar-refractivity contribution in [3.63, 3.8) is 0 Å². The summed E-state index contributed by atoms with van der Waals surface area (Å²) in [5.74, 6) is 3.04. The standard InChI is InChI=1S/C12H16BrNO/c13-11-9-6-14-7-10(9)15-12(11)8-4-2-1-3-5-8/h8,14H,1-7H2. The second kappa shape index (κ2) is 3.95. The smallest absolute Gasteiger partial charge is 0.123 e. The Kier molecular flexibility index (Phi) is 2.61. The molecule has 3 heteroatoms. The molecule has 1 aromatic heterocycles. The van der Waals surface area contributed by atoms with E-state index in [9.17, 15) is 0 Å². The van der Waals surface area contributed by atoms with Crippen LogP contribution in [0.25, 0.3) is 0 Å². The molecule has 0 atom stereocenters. The van der Waals surface area contributed by atoms with Crippen LogP contribution in [0.5, 0.6) is 0 Å². The number of furan rings is 1. The highest BCUT2D eigenvalue weighted by atomic mass is 79.9. The Labute approximate surface area is 98.6 Å². The van der Waals surface area contributed by atoms with Crippen molar-refractivity contribution < 1.29 is 4.42 Å². The van der Waals surface area contributed by atoms with Crippen LogP contribution in [-0.4, -0.2) is 0 Å². The molecule has 3 rings (SSSR count). The largest absolute Gasteiger partial charge is 0.463 e. The first-order valence-corrected chi connectivity index (χ1v) is 6.66. The van der Waals surface area contributed by atoms with E-state index in [1.54, 1.807) is 0 Å². The Morgan fingerprint density at radius 2 is 1.93 bits per heavy atom. The van der Waals surface area contributed by atoms with E-state index >= 15 is 0 Å². The molecule has 1 fully saturated rings. The summed E-state index contributed by atoms with van der Waals surface area (Å²) in [5, 5.41) is 3.31. The molecule has 82 valence electrons. The van der Waals surface area contributed by atoms with Gasteiger partial charge in [0.05, 0.1) is 11.0 Å². The van der Waals surface area contributed by atoms with Gasteiger partial charge in [0.1, 0.15) is 11.5 Å². The lowest BCUT2D eigenvalue weighted by Crippen LogP contribution is -2.06. The molecule has 15 heavy (non-hydrogen) atoms. The summed E-state index contributed by atoms with van der Waals surface area (Å²) in [6, 6.07) is 0. The average Bonchev–Trinajstić information content (AvgIpc) is 2.83. The third kappa shape index (κ3) is 1.66. The SMILES string of the molecule is Brc1c(C2CCCCC2)oc2c1CNC2. The monoisotopic (exact) mass is 269 g/mol. The predicted octanol–water partition coefficient (Wildman–Crippen LogP) is 3.69. The molecule has 1 saturated carbocycles. The fourth-order valence-electron chi connectivity index (χ4n) is 2.76. The molecule has 0 aromatic carbocycles. The molecule has 2 aliphatic rings. The zero-order chi connectivity index (χ0) is 10.3. The lowest BCUT2D eigenvalue weighted by atomic mass is 9.87. The molecule has 1 aromatic rings. The van der Waals surface area contributed by atoms with Crippen LogP contribution < -0.4 is 5.32 Å². The fraction of sp³-hybridized carbons (Fsp3) is 0.667. The molecule has 0 unspecified atom stereocenters. The lowest BCUT2D eigenvalue weighted by Gasteiger charge is -2.20. The van der Waals surface area contributed by atoms with Gasteiger partial charge in [0.15, 0.2) is 0 Å². The van der Waals surface area contributed by atoms with Crippen molar-refractivity contribution in [2.75, 3.05) is 0 Å². The van der Waals surface area contributed by atoms with E-state index in [2.05, 4.69) is 21.2 Å². The van der Waals surface area contributed by atoms with E-state index in [-0.39, 0.29) is 0 Å². The maximum Gasteiger partial charge on any atom is 0.123 e. The minimum Gasteiger partial charge on any atom is -0.463 e. The van der Waals surface area contributed by atoms with Gasteiger partial charge in [-0.2, -0.15) is 0 Å². The van der Waals surface area contributed by atoms with Crippen molar-refractivity contribution in [3.05, 3.63) is 21.6 Å². The first-order valence-electron chi connectivity index (χ1n) is 5.87. The highest BCUT2D eigenvalue weighted by molar-refractivity contribution is 9.10. The van der Waals surface area contributed by atoms with Crippen molar-refractivity contribution in [2.24, 2.45) is 0 Å². The number of nitrogens with one attached hydrogen (secondary N) is 1. The van der Waals surface area contributed by atoms with Crippen molar-refractivity contribution in [1.29, 1.82) is 0 Å². The van der Waals surface area contributed by atoms with Crippen molar-refractivity contribution in [3.8, 4) is 0 Å². The van der Waals surface area contributed by atoms with Gasteiger partial charge in [-0.1, -0.05) is 19.3 Å². The van der Waals surface area contributed by atoms with Gasteiger partial charge >= 0.3 is 0 Å². The van der Waals surface area contributed by atoms with Gasteiger partial charge in [-0.25, -0.2) is 0 Å². The number of hydrogen-bond acceptors (Lipinski definition) is 2. The summed E-state index contributed by atoms with van der Waals surface area (Å²) in [5.41, 5.74) is 1.36. The molecule has 1 N–H and O–H groups in total. The Bertz CT molecular complexity index is 366. The molecule has 0 bridgehead atoms. The third-order valence-corrected chi connectivity index (χ3v) is 4.48. The third-order valence-electron chi connectivity index (χ3n) is 3.61. The molecule has 0 amide bonds. The van der Waals surface area contributed by atoms with E-state index < -0.39 is 0 Å². The van der Waals surface area contributed by atoms with E-state index in [1.807, 2.05) is 0 Å². The van der Waals surface area contributed by atoms with Crippen molar-refractivity contribution in [2.45, 2.75) is 51.1 Å². The number of fused-ring (bicyclic) bond motifs is 1. The van der Waals surface area contributed by atoms with Crippen LogP contribution >= 0.6 is 15.9 Å². The maximum atomic E-state index is 5.99. The van der Waals surface area contributed by atoms with E-state index in [0.29, 0.717) is 5.92 Å². The molecule has 1 aliphatic heterocycles. The molecular formula is C12H16BrNO. The van der Waals surface area contributed by atoms with Crippen molar-refractivity contribution >= 4 is 15.9 Å². The maximum absolute atomic E-state index is 5.99. The summed E-state index contributed by atoms with van der Waals surface area (Å²) >= 11 is 3.70. The number of hydrogen-bond donors (Lipinski definition) is 1. The van der Waals surface area contributed by atoms with Crippen LogP contribution in [0.2, 0.25) is 0 Å². The van der Waals surface area contributed by atoms with Gasteiger partial charge in [-0.15, -0.1) is 0 Å². The number of rotatable bonds is 1. The van der Waals surface area contributed by atoms with Gasteiger partial charge in [0.2, 0.25) is 0 Å². The minimum absolute atomic E-state index is 0.665. The van der Waals surface area contributed by atoms with Gasteiger partial charge in [-0.3, -0.25) is 0 Å². The van der Waals surface area contributed by atoms with Crippen LogP contribution in [0, 0.1) is 0 Å². The van der Waals surface area contributed by atoms with Crippen LogP contribution in [0.4, 0.5) is 0 Å². The first-order chi connectivity index (χ1) is 7.36.